The molecule has 5 fully saturated rings. The quantitative estimate of drug-likeness (QED) is 0.587. The maximum absolute atomic E-state index is 14.7. The van der Waals surface area contributed by atoms with Gasteiger partial charge < -0.3 is 9.84 Å². The maximum atomic E-state index is 14.7. The summed E-state index contributed by atoms with van der Waals surface area (Å²) in [6.45, 7) is 0. The van der Waals surface area contributed by atoms with Crippen molar-refractivity contribution >= 4 is 16.1 Å². The van der Waals surface area contributed by atoms with Crippen LogP contribution < -0.4 is 0 Å². The monoisotopic (exact) mass is 320 g/mol. The van der Waals surface area contributed by atoms with E-state index in [4.69, 9.17) is 9.29 Å². The lowest BCUT2D eigenvalue weighted by atomic mass is 9.89. The number of hydrogen-bond donors (Lipinski definition) is 2. The van der Waals surface area contributed by atoms with Crippen LogP contribution in [0.2, 0.25) is 0 Å². The molecule has 6 nitrogen and oxygen atoms in total. The van der Waals surface area contributed by atoms with Crippen LogP contribution in [0.5, 0.6) is 0 Å². The molecule has 0 aromatic carbocycles. The van der Waals surface area contributed by atoms with Crippen molar-refractivity contribution in [3.8, 4) is 0 Å². The number of carbonyl (C=O) groups excluding carboxylic acids is 1. The second-order valence-corrected chi connectivity index (χ2v) is 8.69. The van der Waals surface area contributed by atoms with E-state index in [1.54, 1.807) is 0 Å². The van der Waals surface area contributed by atoms with Gasteiger partial charge in [-0.05, 0) is 50.4 Å². The van der Waals surface area contributed by atoms with Gasteiger partial charge in [0.05, 0.1) is 0 Å². The molecule has 5 rings (SSSR count). The Balaban J connectivity index is 1.65. The number of hydrogen-bond acceptors (Lipinski definition) is 5. The molecule has 5 aliphatic carbocycles. The predicted molar refractivity (Wildman–Crippen MR) is 67.3 cm³/mol. The molecule has 0 aromatic heterocycles. The third-order valence-corrected chi connectivity index (χ3v) is 7.19. The van der Waals surface area contributed by atoms with E-state index >= 15 is 0 Å². The van der Waals surface area contributed by atoms with Crippen LogP contribution in [0.25, 0.3) is 0 Å². The van der Waals surface area contributed by atoms with Crippen LogP contribution in [-0.4, -0.2) is 40.2 Å². The summed E-state index contributed by atoms with van der Waals surface area (Å²) in [6.07, 6.45) is 2.36. The summed E-state index contributed by atoms with van der Waals surface area (Å²) in [4.78, 5) is 12.2. The molecule has 3 atom stereocenters. The average molecular weight is 320 g/mol. The van der Waals surface area contributed by atoms with Gasteiger partial charge in [-0.1, -0.05) is 0 Å². The molecule has 8 heteroatoms. The standard InChI is InChI=1S/C13H17FO6S/c14-13(9-1-2-9,21(17,18)19)10(15)20-12-5-7-3-11(12,16)4-8(7)6-12/h7-9,16H,1-6H2,(H,17,18,19). The van der Waals surface area contributed by atoms with Crippen LogP contribution in [0.1, 0.15) is 38.5 Å². The topological polar surface area (TPSA) is 101 Å². The largest absolute Gasteiger partial charge is 0.453 e. The molecule has 2 N–H and O–H groups in total. The van der Waals surface area contributed by atoms with Crippen molar-refractivity contribution in [2.75, 3.05) is 0 Å². The zero-order valence-electron chi connectivity index (χ0n) is 11.3. The number of halogens is 1. The molecule has 0 aliphatic heterocycles. The number of rotatable bonds is 4. The minimum Gasteiger partial charge on any atom is -0.453 e. The second-order valence-electron chi connectivity index (χ2n) is 7.15. The molecule has 0 aromatic rings. The molecule has 3 unspecified atom stereocenters. The average Bonchev–Trinajstić information content (AvgIpc) is 2.93. The number of aliphatic hydroxyl groups is 1. The van der Waals surface area contributed by atoms with Gasteiger partial charge in [0.2, 0.25) is 0 Å². The van der Waals surface area contributed by atoms with Crippen LogP contribution in [0.3, 0.4) is 0 Å². The van der Waals surface area contributed by atoms with E-state index < -0.39 is 38.2 Å². The number of carbonyl (C=O) groups is 1. The molecule has 0 heterocycles. The summed E-state index contributed by atoms with van der Waals surface area (Å²) in [5, 5.41) is 7.16. The van der Waals surface area contributed by atoms with E-state index in [1.165, 1.54) is 0 Å². The fourth-order valence-corrected chi connectivity index (χ4v) is 5.72. The molecule has 5 aliphatic rings. The van der Waals surface area contributed by atoms with Gasteiger partial charge in [0.1, 0.15) is 11.2 Å². The van der Waals surface area contributed by atoms with Gasteiger partial charge in [-0.2, -0.15) is 8.42 Å². The smallest absolute Gasteiger partial charge is 0.363 e. The normalized spacial score (nSPS) is 46.8. The summed E-state index contributed by atoms with van der Waals surface area (Å²) in [5.74, 6) is -2.11. The van der Waals surface area contributed by atoms with Crippen molar-refractivity contribution in [1.29, 1.82) is 0 Å². The zero-order valence-corrected chi connectivity index (χ0v) is 12.1. The molecule has 0 radical (unpaired) electrons. The highest BCUT2D eigenvalue weighted by molar-refractivity contribution is 7.87. The Hall–Kier alpha value is -0.730. The fraction of sp³-hybridized carbons (Fsp3) is 0.923. The van der Waals surface area contributed by atoms with Crippen molar-refractivity contribution in [2.45, 2.75) is 54.7 Å². The van der Waals surface area contributed by atoms with Crippen molar-refractivity contribution in [3.63, 3.8) is 0 Å². The fourth-order valence-electron chi connectivity index (χ4n) is 4.81. The summed E-state index contributed by atoms with van der Waals surface area (Å²) in [5.41, 5.74) is -2.34. The molecule has 21 heavy (non-hydrogen) atoms. The first-order chi connectivity index (χ1) is 9.61. The highest BCUT2D eigenvalue weighted by Crippen LogP contribution is 2.69. The van der Waals surface area contributed by atoms with E-state index in [0.717, 1.165) is 0 Å². The Morgan fingerprint density at radius 1 is 1.19 bits per heavy atom. The van der Waals surface area contributed by atoms with Gasteiger partial charge in [0.15, 0.2) is 0 Å². The van der Waals surface area contributed by atoms with Crippen LogP contribution in [0.15, 0.2) is 0 Å². The third kappa shape index (κ3) is 1.53. The zero-order chi connectivity index (χ0) is 15.3. The molecule has 0 spiro atoms. The minimum atomic E-state index is -5.21. The van der Waals surface area contributed by atoms with Gasteiger partial charge in [-0.25, -0.2) is 9.18 Å². The Kier molecular flexibility index (Phi) is 2.38. The lowest BCUT2D eigenvalue weighted by Crippen LogP contribution is -2.54. The van der Waals surface area contributed by atoms with E-state index in [9.17, 15) is 22.7 Å². The van der Waals surface area contributed by atoms with Crippen molar-refractivity contribution in [2.24, 2.45) is 17.8 Å². The van der Waals surface area contributed by atoms with Crippen molar-refractivity contribution in [1.82, 2.24) is 0 Å². The van der Waals surface area contributed by atoms with Gasteiger partial charge in [-0.3, -0.25) is 4.55 Å². The van der Waals surface area contributed by atoms with Crippen molar-refractivity contribution < 1.29 is 32.0 Å². The second kappa shape index (κ2) is 3.60. The highest BCUT2D eigenvalue weighted by atomic mass is 32.2. The van der Waals surface area contributed by atoms with E-state index in [-0.39, 0.29) is 24.7 Å². The molecular weight excluding hydrogens is 303 g/mol. The number of alkyl halides is 1. The van der Waals surface area contributed by atoms with Crippen LogP contribution in [-0.2, 0) is 19.6 Å². The lowest BCUT2D eigenvalue weighted by Gasteiger charge is -2.37. The Morgan fingerprint density at radius 2 is 1.71 bits per heavy atom. The van der Waals surface area contributed by atoms with E-state index in [0.29, 0.717) is 25.7 Å². The Morgan fingerprint density at radius 3 is 2.05 bits per heavy atom. The van der Waals surface area contributed by atoms with Gasteiger partial charge in [-0.15, -0.1) is 0 Å². The number of ether oxygens (including phenoxy) is 1. The summed E-state index contributed by atoms with van der Waals surface area (Å²) in [6, 6.07) is 0. The summed E-state index contributed by atoms with van der Waals surface area (Å²) in [7, 11) is -5.21. The lowest BCUT2D eigenvalue weighted by molar-refractivity contribution is -0.189. The molecular formula is C13H17FO6S. The summed E-state index contributed by atoms with van der Waals surface area (Å²) >= 11 is 0. The van der Waals surface area contributed by atoms with Gasteiger partial charge in [0.25, 0.3) is 0 Å². The van der Waals surface area contributed by atoms with Crippen LogP contribution in [0.4, 0.5) is 4.39 Å². The first-order valence-electron chi connectivity index (χ1n) is 7.23. The summed E-state index contributed by atoms with van der Waals surface area (Å²) < 4.78 is 51.8. The SMILES string of the molecule is O=C(OC12CC3CC1(O)CC3C2)C(F)(C1CC1)S(=O)(=O)O. The van der Waals surface area contributed by atoms with Gasteiger partial charge >= 0.3 is 21.1 Å². The number of esters is 1. The first-order valence-corrected chi connectivity index (χ1v) is 8.67. The third-order valence-electron chi connectivity index (χ3n) is 5.94. The molecule has 0 amide bonds. The van der Waals surface area contributed by atoms with Crippen molar-refractivity contribution in [3.05, 3.63) is 0 Å². The van der Waals surface area contributed by atoms with Crippen LogP contribution >= 0.6 is 0 Å². The molecule has 118 valence electrons. The first kappa shape index (κ1) is 13.9. The Labute approximate surface area is 121 Å². The Bertz CT molecular complexity index is 613. The van der Waals surface area contributed by atoms with E-state index in [1.807, 2.05) is 0 Å². The van der Waals surface area contributed by atoms with E-state index in [2.05, 4.69) is 0 Å². The predicted octanol–water partition coefficient (Wildman–Crippen LogP) is 0.797. The van der Waals surface area contributed by atoms with Crippen LogP contribution in [0, 0.1) is 17.8 Å². The maximum Gasteiger partial charge on any atom is 0.363 e. The molecule has 0 saturated heterocycles. The molecule has 5 saturated carbocycles. The molecule has 4 bridgehead atoms. The van der Waals surface area contributed by atoms with Gasteiger partial charge in [0, 0.05) is 5.92 Å². The minimum absolute atomic E-state index is 0.216. The highest BCUT2D eigenvalue weighted by Gasteiger charge is 2.75.